The van der Waals surface area contributed by atoms with Crippen LogP contribution in [-0.2, 0) is 26.1 Å². The summed E-state index contributed by atoms with van der Waals surface area (Å²) >= 11 is 6.05. The Bertz CT molecular complexity index is 1070. The number of ether oxygens (including phenoxy) is 1. The molecule has 0 saturated heterocycles. The van der Waals surface area contributed by atoms with Crippen LogP contribution in [0, 0.1) is 5.41 Å². The summed E-state index contributed by atoms with van der Waals surface area (Å²) in [4.78, 5) is 14.5. The molecule has 9 heteroatoms. The first-order valence-electron chi connectivity index (χ1n) is 10.7. The molecule has 0 spiro atoms. The number of amides is 1. The van der Waals surface area contributed by atoms with Crippen molar-refractivity contribution < 1.29 is 17.9 Å². The molecule has 0 aromatic heterocycles. The second kappa shape index (κ2) is 11.3. The standard InChI is InChI=1S/C24H34ClN3O4S/c1-24(2,3)16-23(29)26-20-10-11-22(27(4)5)18(14-20)17-28(12-13-32-6)33(30,31)21-9-7-8-19(25)15-21/h7-11,14-15H,12-13,16-17H2,1-6H3,(H,26,29). The Morgan fingerprint density at radius 2 is 1.82 bits per heavy atom. The summed E-state index contributed by atoms with van der Waals surface area (Å²) in [6.45, 7) is 6.51. The number of sulfonamides is 1. The van der Waals surface area contributed by atoms with Crippen molar-refractivity contribution in [1.82, 2.24) is 4.31 Å². The normalized spacial score (nSPS) is 12.1. The van der Waals surface area contributed by atoms with E-state index < -0.39 is 10.0 Å². The molecule has 2 aromatic carbocycles. The van der Waals surface area contributed by atoms with Crippen LogP contribution in [0.15, 0.2) is 47.4 Å². The molecule has 0 aliphatic carbocycles. The Hall–Kier alpha value is -2.13. The summed E-state index contributed by atoms with van der Waals surface area (Å²) in [5, 5.41) is 3.28. The van der Waals surface area contributed by atoms with E-state index in [0.717, 1.165) is 11.3 Å². The number of nitrogens with zero attached hydrogens (tertiary/aromatic N) is 2. The molecule has 0 atom stereocenters. The monoisotopic (exact) mass is 495 g/mol. The molecule has 0 bridgehead atoms. The fraction of sp³-hybridized carbons (Fsp3) is 0.458. The molecule has 0 fully saturated rings. The maximum absolute atomic E-state index is 13.4. The zero-order valence-electron chi connectivity index (χ0n) is 20.2. The fourth-order valence-corrected chi connectivity index (χ4v) is 5.06. The summed E-state index contributed by atoms with van der Waals surface area (Å²) in [6.07, 6.45) is 0.376. The second-order valence-electron chi connectivity index (χ2n) is 9.31. The number of rotatable bonds is 10. The number of methoxy groups -OCH3 is 1. The van der Waals surface area contributed by atoms with Gasteiger partial charge in [0.25, 0.3) is 0 Å². The molecule has 0 aliphatic heterocycles. The quantitative estimate of drug-likeness (QED) is 0.520. The molecule has 1 amide bonds. The molecule has 7 nitrogen and oxygen atoms in total. The van der Waals surface area contributed by atoms with E-state index in [2.05, 4.69) is 5.32 Å². The minimum Gasteiger partial charge on any atom is -0.383 e. The van der Waals surface area contributed by atoms with Crippen molar-refractivity contribution in [3.05, 3.63) is 53.1 Å². The van der Waals surface area contributed by atoms with E-state index >= 15 is 0 Å². The van der Waals surface area contributed by atoms with Gasteiger partial charge in [0.15, 0.2) is 0 Å². The van der Waals surface area contributed by atoms with Crippen LogP contribution in [0.25, 0.3) is 0 Å². The molecular formula is C24H34ClN3O4S. The fourth-order valence-electron chi connectivity index (χ4n) is 3.36. The van der Waals surface area contributed by atoms with E-state index in [1.54, 1.807) is 12.1 Å². The van der Waals surface area contributed by atoms with Gasteiger partial charge in [-0.05, 0) is 47.4 Å². The van der Waals surface area contributed by atoms with Crippen LogP contribution in [0.3, 0.4) is 0 Å². The number of anilines is 2. The smallest absolute Gasteiger partial charge is 0.243 e. The van der Waals surface area contributed by atoms with Crippen LogP contribution in [0.5, 0.6) is 0 Å². The van der Waals surface area contributed by atoms with Crippen molar-refractivity contribution in [2.75, 3.05) is 44.6 Å². The summed E-state index contributed by atoms with van der Waals surface area (Å²) in [6, 6.07) is 11.7. The van der Waals surface area contributed by atoms with Gasteiger partial charge in [-0.15, -0.1) is 0 Å². The average molecular weight is 496 g/mol. The zero-order valence-corrected chi connectivity index (χ0v) is 21.8. The summed E-state index contributed by atoms with van der Waals surface area (Å²) in [5.41, 5.74) is 2.10. The van der Waals surface area contributed by atoms with Gasteiger partial charge in [0.05, 0.1) is 11.5 Å². The third kappa shape index (κ3) is 7.99. The van der Waals surface area contributed by atoms with Crippen molar-refractivity contribution in [3.8, 4) is 0 Å². The van der Waals surface area contributed by atoms with Gasteiger partial charge in [0.1, 0.15) is 0 Å². The van der Waals surface area contributed by atoms with Gasteiger partial charge in [0.2, 0.25) is 15.9 Å². The molecule has 0 radical (unpaired) electrons. The molecule has 2 aromatic rings. The molecule has 0 heterocycles. The van der Waals surface area contributed by atoms with Crippen LogP contribution in [0.1, 0.15) is 32.8 Å². The van der Waals surface area contributed by atoms with E-state index in [-0.39, 0.29) is 35.9 Å². The minimum atomic E-state index is -3.83. The summed E-state index contributed by atoms with van der Waals surface area (Å²) < 4.78 is 33.4. The maximum atomic E-state index is 13.4. The lowest BCUT2D eigenvalue weighted by atomic mass is 9.92. The Labute approximate surface area is 202 Å². The lowest BCUT2D eigenvalue weighted by Gasteiger charge is -2.26. The molecule has 0 unspecified atom stereocenters. The van der Waals surface area contributed by atoms with Gasteiger partial charge < -0.3 is 15.0 Å². The second-order valence-corrected chi connectivity index (χ2v) is 11.7. The topological polar surface area (TPSA) is 79.0 Å². The van der Waals surface area contributed by atoms with Crippen molar-refractivity contribution in [1.29, 1.82) is 0 Å². The van der Waals surface area contributed by atoms with Gasteiger partial charge in [-0.25, -0.2) is 8.42 Å². The Kier molecular flexibility index (Phi) is 9.31. The highest BCUT2D eigenvalue weighted by molar-refractivity contribution is 7.89. The number of carbonyl (C=O) groups is 1. The van der Waals surface area contributed by atoms with E-state index in [4.69, 9.17) is 16.3 Å². The highest BCUT2D eigenvalue weighted by atomic mass is 35.5. The zero-order chi connectivity index (χ0) is 24.8. The highest BCUT2D eigenvalue weighted by Crippen LogP contribution is 2.28. The van der Waals surface area contributed by atoms with Crippen LogP contribution in [0.4, 0.5) is 11.4 Å². The number of benzene rings is 2. The lowest BCUT2D eigenvalue weighted by Crippen LogP contribution is -2.34. The first-order valence-corrected chi connectivity index (χ1v) is 12.5. The predicted octanol–water partition coefficient (Wildman–Crippen LogP) is 4.62. The number of halogens is 1. The Balaban J connectivity index is 2.42. The maximum Gasteiger partial charge on any atom is 0.243 e. The van der Waals surface area contributed by atoms with Crippen LogP contribution in [-0.4, -0.2) is 53.0 Å². The third-order valence-corrected chi connectivity index (χ3v) is 6.94. The van der Waals surface area contributed by atoms with Gasteiger partial charge in [0, 0.05) is 57.1 Å². The van der Waals surface area contributed by atoms with Crippen LogP contribution in [0.2, 0.25) is 5.02 Å². The van der Waals surface area contributed by atoms with Crippen LogP contribution < -0.4 is 10.2 Å². The first-order chi connectivity index (χ1) is 15.3. The summed E-state index contributed by atoms with van der Waals surface area (Å²) in [7, 11) is 1.48. The molecule has 33 heavy (non-hydrogen) atoms. The van der Waals surface area contributed by atoms with Gasteiger partial charge in [-0.1, -0.05) is 38.4 Å². The minimum absolute atomic E-state index is 0.0890. The number of carbonyl (C=O) groups excluding carboxylic acids is 1. The molecule has 182 valence electrons. The Morgan fingerprint density at radius 1 is 1.12 bits per heavy atom. The summed E-state index contributed by atoms with van der Waals surface area (Å²) in [5.74, 6) is -0.0890. The number of hydrogen-bond donors (Lipinski definition) is 1. The largest absolute Gasteiger partial charge is 0.383 e. The van der Waals surface area contributed by atoms with Crippen LogP contribution >= 0.6 is 11.6 Å². The van der Waals surface area contributed by atoms with Crippen molar-refractivity contribution >= 4 is 38.9 Å². The highest BCUT2D eigenvalue weighted by Gasteiger charge is 2.26. The lowest BCUT2D eigenvalue weighted by molar-refractivity contribution is -0.117. The van der Waals surface area contributed by atoms with Gasteiger partial charge in [-0.3, -0.25) is 4.79 Å². The van der Waals surface area contributed by atoms with Crippen molar-refractivity contribution in [3.63, 3.8) is 0 Å². The number of hydrogen-bond acceptors (Lipinski definition) is 5. The molecule has 0 aliphatic rings. The third-order valence-electron chi connectivity index (χ3n) is 4.86. The molecule has 1 N–H and O–H groups in total. The molecule has 0 saturated carbocycles. The SMILES string of the molecule is COCCN(Cc1cc(NC(=O)CC(C)(C)C)ccc1N(C)C)S(=O)(=O)c1cccc(Cl)c1. The van der Waals surface area contributed by atoms with Gasteiger partial charge >= 0.3 is 0 Å². The van der Waals surface area contributed by atoms with E-state index in [0.29, 0.717) is 17.1 Å². The van der Waals surface area contributed by atoms with Crippen molar-refractivity contribution in [2.45, 2.75) is 38.6 Å². The molecule has 2 rings (SSSR count). The predicted molar refractivity (Wildman–Crippen MR) is 134 cm³/mol. The van der Waals surface area contributed by atoms with Crippen molar-refractivity contribution in [2.24, 2.45) is 5.41 Å². The van der Waals surface area contributed by atoms with E-state index in [1.165, 1.54) is 23.5 Å². The van der Waals surface area contributed by atoms with E-state index in [9.17, 15) is 13.2 Å². The number of nitrogens with one attached hydrogen (secondary N) is 1. The average Bonchev–Trinajstić information content (AvgIpc) is 2.69. The Morgan fingerprint density at radius 3 is 2.39 bits per heavy atom. The van der Waals surface area contributed by atoms with Gasteiger partial charge in [-0.2, -0.15) is 4.31 Å². The van der Waals surface area contributed by atoms with E-state index in [1.807, 2.05) is 58.0 Å². The molecular weight excluding hydrogens is 462 g/mol. The first kappa shape index (κ1) is 27.1.